The maximum Gasteiger partial charge on any atom is 0.279 e. The minimum atomic E-state index is -0.127. The van der Waals surface area contributed by atoms with E-state index in [0.717, 1.165) is 21.6 Å². The van der Waals surface area contributed by atoms with Crippen molar-refractivity contribution in [2.45, 2.75) is 19.9 Å². The number of quaternary nitrogens is 1. The first-order chi connectivity index (χ1) is 15.0. The van der Waals surface area contributed by atoms with Crippen molar-refractivity contribution >= 4 is 28.3 Å². The van der Waals surface area contributed by atoms with Gasteiger partial charge in [-0.25, -0.2) is 0 Å². The smallest absolute Gasteiger partial charge is 0.279 e. The molecular weight excluding hydrogens is 390 g/mol. The number of amides is 2. The van der Waals surface area contributed by atoms with Gasteiger partial charge in [-0.15, -0.1) is 0 Å². The summed E-state index contributed by atoms with van der Waals surface area (Å²) in [4.78, 5) is 25.9. The number of anilines is 1. The second kappa shape index (κ2) is 10.6. The summed E-state index contributed by atoms with van der Waals surface area (Å²) in [6.45, 7) is 5.08. The lowest BCUT2D eigenvalue weighted by molar-refractivity contribution is -0.881. The zero-order valence-corrected chi connectivity index (χ0v) is 18.3. The number of nitrogens with one attached hydrogen (secondary N) is 3. The van der Waals surface area contributed by atoms with Gasteiger partial charge in [-0.05, 0) is 60.5 Å². The van der Waals surface area contributed by atoms with Gasteiger partial charge in [-0.2, -0.15) is 0 Å². The van der Waals surface area contributed by atoms with E-state index in [0.29, 0.717) is 12.2 Å². The molecule has 0 saturated carbocycles. The Morgan fingerprint density at radius 3 is 2.29 bits per heavy atom. The van der Waals surface area contributed by atoms with Gasteiger partial charge in [-0.1, -0.05) is 36.4 Å². The van der Waals surface area contributed by atoms with Crippen LogP contribution in [-0.4, -0.2) is 38.6 Å². The van der Waals surface area contributed by atoms with Gasteiger partial charge < -0.3 is 20.3 Å². The molecule has 0 radical (unpaired) electrons. The fraction of sp³-hybridized carbons (Fsp3) is 0.280. The maximum absolute atomic E-state index is 12.6. The van der Waals surface area contributed by atoms with E-state index in [1.165, 1.54) is 5.39 Å². The summed E-state index contributed by atoms with van der Waals surface area (Å²) < 4.78 is 5.12. The summed E-state index contributed by atoms with van der Waals surface area (Å²) in [7, 11) is 1.60. The Balaban J connectivity index is 1.52. The number of hydrogen-bond acceptors (Lipinski definition) is 3. The highest BCUT2D eigenvalue weighted by atomic mass is 16.5. The van der Waals surface area contributed by atoms with Crippen LogP contribution in [0.5, 0.6) is 5.75 Å². The average molecular weight is 421 g/mol. The molecule has 3 rings (SSSR count). The van der Waals surface area contributed by atoms with Crippen LogP contribution in [0.15, 0.2) is 66.7 Å². The molecule has 1 unspecified atom stereocenters. The Morgan fingerprint density at radius 2 is 1.61 bits per heavy atom. The molecular formula is C25H30N3O3+. The van der Waals surface area contributed by atoms with Gasteiger partial charge in [0.05, 0.1) is 19.7 Å². The molecule has 3 aromatic rings. The molecule has 0 fully saturated rings. The fourth-order valence-corrected chi connectivity index (χ4v) is 3.50. The van der Waals surface area contributed by atoms with E-state index in [-0.39, 0.29) is 30.9 Å². The molecule has 31 heavy (non-hydrogen) atoms. The topological polar surface area (TPSA) is 71.9 Å². The minimum absolute atomic E-state index is 0.0743. The first-order valence-electron chi connectivity index (χ1n) is 10.5. The lowest BCUT2D eigenvalue weighted by atomic mass is 10.0. The highest BCUT2D eigenvalue weighted by Crippen LogP contribution is 2.20. The van der Waals surface area contributed by atoms with Crippen molar-refractivity contribution in [1.29, 1.82) is 0 Å². The van der Waals surface area contributed by atoms with Crippen LogP contribution in [0.4, 0.5) is 5.69 Å². The fourth-order valence-electron chi connectivity index (χ4n) is 3.50. The molecule has 3 N–H and O–H groups in total. The second-order valence-electron chi connectivity index (χ2n) is 7.63. The molecule has 2 amide bonds. The lowest BCUT2D eigenvalue weighted by Gasteiger charge is -2.19. The lowest BCUT2D eigenvalue weighted by Crippen LogP contribution is -3.14. The summed E-state index contributed by atoms with van der Waals surface area (Å²) >= 11 is 0. The number of carbonyl (C=O) groups is 2. The standard InChI is InChI=1S/C25H29N3O3/c1-4-28(17-25(30)27-22-11-13-23(31-3)14-12-22)16-24(29)26-18(2)20-10-9-19-7-5-6-8-21(19)15-20/h5-15,18H,4,16-17H2,1-3H3,(H,26,29)(H,27,30)/p+1/t18-/m1/s1. The average Bonchev–Trinajstić information content (AvgIpc) is 2.78. The van der Waals surface area contributed by atoms with Gasteiger partial charge in [0, 0.05) is 5.69 Å². The van der Waals surface area contributed by atoms with E-state index in [4.69, 9.17) is 4.74 Å². The predicted octanol–water partition coefficient (Wildman–Crippen LogP) is 2.57. The van der Waals surface area contributed by atoms with Crippen molar-refractivity contribution in [1.82, 2.24) is 5.32 Å². The van der Waals surface area contributed by atoms with Gasteiger partial charge in [0.15, 0.2) is 13.1 Å². The van der Waals surface area contributed by atoms with Crippen LogP contribution in [0, 0.1) is 0 Å². The van der Waals surface area contributed by atoms with E-state index >= 15 is 0 Å². The maximum atomic E-state index is 12.6. The molecule has 0 bridgehead atoms. The molecule has 6 nitrogen and oxygen atoms in total. The minimum Gasteiger partial charge on any atom is -0.497 e. The third-order valence-electron chi connectivity index (χ3n) is 5.35. The Hall–Kier alpha value is -3.38. The number of benzene rings is 3. The molecule has 0 aromatic heterocycles. The van der Waals surface area contributed by atoms with Crippen molar-refractivity contribution in [3.63, 3.8) is 0 Å². The quantitative estimate of drug-likeness (QED) is 0.498. The molecule has 0 aliphatic heterocycles. The number of likely N-dealkylation sites (N-methyl/N-ethyl adjacent to an activating group) is 1. The molecule has 0 aliphatic carbocycles. The Labute approximate surface area is 183 Å². The summed E-state index contributed by atoms with van der Waals surface area (Å²) in [6.07, 6.45) is 0. The summed E-state index contributed by atoms with van der Waals surface area (Å²) in [6, 6.07) is 21.4. The molecule has 0 spiro atoms. The van der Waals surface area contributed by atoms with Crippen LogP contribution in [0.3, 0.4) is 0 Å². The molecule has 162 valence electrons. The third-order valence-corrected chi connectivity index (χ3v) is 5.35. The summed E-state index contributed by atoms with van der Waals surface area (Å²) in [5.74, 6) is 0.531. The van der Waals surface area contributed by atoms with Crippen molar-refractivity contribution in [3.05, 3.63) is 72.3 Å². The van der Waals surface area contributed by atoms with E-state index in [1.807, 2.05) is 32.0 Å². The summed E-state index contributed by atoms with van der Waals surface area (Å²) in [5, 5.41) is 8.25. The molecule has 0 heterocycles. The molecule has 3 aromatic carbocycles. The first-order valence-corrected chi connectivity index (χ1v) is 10.5. The SMILES string of the molecule is CC[NH+](CC(=O)Nc1ccc(OC)cc1)CC(=O)N[C@H](C)c1ccc2ccccc2c1. The van der Waals surface area contributed by atoms with Gasteiger partial charge in [0.25, 0.3) is 11.8 Å². The molecule has 0 aliphatic rings. The van der Waals surface area contributed by atoms with Gasteiger partial charge in [0.1, 0.15) is 5.75 Å². The molecule has 0 saturated heterocycles. The van der Waals surface area contributed by atoms with Crippen LogP contribution in [0.1, 0.15) is 25.5 Å². The van der Waals surface area contributed by atoms with Crippen molar-refractivity contribution in [2.75, 3.05) is 32.1 Å². The van der Waals surface area contributed by atoms with Gasteiger partial charge in [-0.3, -0.25) is 9.59 Å². The predicted molar refractivity (Wildman–Crippen MR) is 123 cm³/mol. The molecule has 6 heteroatoms. The van der Waals surface area contributed by atoms with Crippen LogP contribution < -0.4 is 20.3 Å². The van der Waals surface area contributed by atoms with Crippen LogP contribution in [-0.2, 0) is 9.59 Å². The number of ether oxygens (including phenoxy) is 1. The van der Waals surface area contributed by atoms with E-state index in [1.54, 1.807) is 31.4 Å². The third kappa shape index (κ3) is 6.30. The first kappa shape index (κ1) is 22.3. The van der Waals surface area contributed by atoms with Crippen molar-refractivity contribution in [3.8, 4) is 5.75 Å². The zero-order valence-electron chi connectivity index (χ0n) is 18.3. The molecule has 2 atom stereocenters. The number of rotatable bonds is 9. The van der Waals surface area contributed by atoms with Crippen LogP contribution in [0.2, 0.25) is 0 Å². The Kier molecular flexibility index (Phi) is 7.62. The van der Waals surface area contributed by atoms with E-state index in [2.05, 4.69) is 34.9 Å². The van der Waals surface area contributed by atoms with Gasteiger partial charge >= 0.3 is 0 Å². The zero-order chi connectivity index (χ0) is 22.2. The number of carbonyl (C=O) groups excluding carboxylic acids is 2. The summed E-state index contributed by atoms with van der Waals surface area (Å²) in [5.41, 5.74) is 1.76. The number of fused-ring (bicyclic) bond motifs is 1. The highest BCUT2D eigenvalue weighted by molar-refractivity contribution is 5.91. The van der Waals surface area contributed by atoms with E-state index < -0.39 is 0 Å². The highest BCUT2D eigenvalue weighted by Gasteiger charge is 2.18. The van der Waals surface area contributed by atoms with Gasteiger partial charge in [0.2, 0.25) is 0 Å². The van der Waals surface area contributed by atoms with Crippen LogP contribution in [0.25, 0.3) is 10.8 Å². The normalized spacial score (nSPS) is 12.7. The van der Waals surface area contributed by atoms with E-state index in [9.17, 15) is 9.59 Å². The Bertz CT molecular complexity index is 1030. The number of methoxy groups -OCH3 is 1. The number of hydrogen-bond donors (Lipinski definition) is 3. The Morgan fingerprint density at radius 1 is 0.935 bits per heavy atom. The van der Waals surface area contributed by atoms with Crippen molar-refractivity contribution < 1.29 is 19.2 Å². The second-order valence-corrected chi connectivity index (χ2v) is 7.63. The van der Waals surface area contributed by atoms with Crippen molar-refractivity contribution in [2.24, 2.45) is 0 Å². The largest absolute Gasteiger partial charge is 0.497 e. The van der Waals surface area contributed by atoms with Crippen LogP contribution >= 0.6 is 0 Å². The monoisotopic (exact) mass is 420 g/mol.